The van der Waals surface area contributed by atoms with E-state index < -0.39 is 10.0 Å². The van der Waals surface area contributed by atoms with E-state index in [1.165, 1.54) is 10.9 Å². The minimum atomic E-state index is -3.33. The van der Waals surface area contributed by atoms with Gasteiger partial charge in [0.2, 0.25) is 10.0 Å². The lowest BCUT2D eigenvalue weighted by atomic mass is 9.96. The molecule has 2 rings (SSSR count). The molecule has 1 aromatic rings. The molecule has 1 atom stereocenters. The average Bonchev–Trinajstić information content (AvgIpc) is 2.85. The van der Waals surface area contributed by atoms with Gasteiger partial charge in [-0.25, -0.2) is 8.42 Å². The fourth-order valence-corrected chi connectivity index (χ4v) is 3.70. The van der Waals surface area contributed by atoms with Gasteiger partial charge in [0.15, 0.2) is 0 Å². The first-order valence-corrected chi connectivity index (χ1v) is 7.34. The maximum absolute atomic E-state index is 12.3. The molecule has 6 heteroatoms. The highest BCUT2D eigenvalue weighted by atomic mass is 32.2. The second-order valence-corrected chi connectivity index (χ2v) is 6.94. The van der Waals surface area contributed by atoms with Crippen LogP contribution in [-0.2, 0) is 17.1 Å². The molecule has 5 nitrogen and oxygen atoms in total. The number of sulfonamides is 1. The Bertz CT molecular complexity index is 493. The van der Waals surface area contributed by atoms with E-state index in [2.05, 4.69) is 18.9 Å². The standard InChI is InChI=1S/C11H19N3O2S/c1-9(2)10-4-5-14(7-10)17(15,16)11-6-12-13(3)8-11/h6,8-10H,4-5,7H2,1-3H3/t10-/m1/s1. The van der Waals surface area contributed by atoms with Crippen molar-refractivity contribution in [2.24, 2.45) is 18.9 Å². The Hall–Kier alpha value is -0.880. The fraction of sp³-hybridized carbons (Fsp3) is 0.727. The van der Waals surface area contributed by atoms with Crippen LogP contribution in [0.15, 0.2) is 17.3 Å². The summed E-state index contributed by atoms with van der Waals surface area (Å²) >= 11 is 0. The molecule has 0 bridgehead atoms. The fourth-order valence-electron chi connectivity index (χ4n) is 2.20. The molecule has 0 aliphatic carbocycles. The largest absolute Gasteiger partial charge is 0.274 e. The SMILES string of the molecule is CC(C)[C@@H]1CCN(S(=O)(=O)c2cnn(C)c2)C1. The summed E-state index contributed by atoms with van der Waals surface area (Å²) in [5.41, 5.74) is 0. The van der Waals surface area contributed by atoms with Gasteiger partial charge in [-0.2, -0.15) is 9.40 Å². The van der Waals surface area contributed by atoms with Crippen LogP contribution >= 0.6 is 0 Å². The number of aromatic nitrogens is 2. The zero-order chi connectivity index (χ0) is 12.6. The van der Waals surface area contributed by atoms with Crippen molar-refractivity contribution in [1.82, 2.24) is 14.1 Å². The zero-order valence-electron chi connectivity index (χ0n) is 10.5. The molecule has 0 saturated carbocycles. The van der Waals surface area contributed by atoms with Crippen molar-refractivity contribution in [2.75, 3.05) is 13.1 Å². The molecular weight excluding hydrogens is 238 g/mol. The Morgan fingerprint density at radius 2 is 2.18 bits per heavy atom. The molecule has 1 aromatic heterocycles. The van der Waals surface area contributed by atoms with Gasteiger partial charge < -0.3 is 0 Å². The summed E-state index contributed by atoms with van der Waals surface area (Å²) in [7, 11) is -1.61. The van der Waals surface area contributed by atoms with Gasteiger partial charge in [-0.05, 0) is 18.3 Å². The summed E-state index contributed by atoms with van der Waals surface area (Å²) in [6.45, 7) is 5.55. The average molecular weight is 257 g/mol. The Balaban J connectivity index is 2.18. The molecule has 1 saturated heterocycles. The summed E-state index contributed by atoms with van der Waals surface area (Å²) in [5, 5.41) is 3.92. The first-order valence-electron chi connectivity index (χ1n) is 5.90. The van der Waals surface area contributed by atoms with Crippen molar-refractivity contribution in [3.05, 3.63) is 12.4 Å². The van der Waals surface area contributed by atoms with Crippen molar-refractivity contribution < 1.29 is 8.42 Å². The third kappa shape index (κ3) is 2.37. The van der Waals surface area contributed by atoms with Crippen molar-refractivity contribution in [3.63, 3.8) is 0 Å². The van der Waals surface area contributed by atoms with Crippen molar-refractivity contribution in [3.8, 4) is 0 Å². The van der Waals surface area contributed by atoms with E-state index in [1.54, 1.807) is 17.5 Å². The molecule has 0 amide bonds. The quantitative estimate of drug-likeness (QED) is 0.814. The molecule has 0 unspecified atom stereocenters. The number of aryl methyl sites for hydroxylation is 1. The Labute approximate surface area is 102 Å². The second kappa shape index (κ2) is 4.42. The van der Waals surface area contributed by atoms with Crippen LogP contribution < -0.4 is 0 Å². The van der Waals surface area contributed by atoms with Gasteiger partial charge in [-0.3, -0.25) is 4.68 Å². The van der Waals surface area contributed by atoms with E-state index in [0.29, 0.717) is 29.8 Å². The van der Waals surface area contributed by atoms with Crippen molar-refractivity contribution >= 4 is 10.0 Å². The predicted molar refractivity (Wildman–Crippen MR) is 64.9 cm³/mol. The van der Waals surface area contributed by atoms with Crippen LogP contribution in [0.2, 0.25) is 0 Å². The minimum absolute atomic E-state index is 0.296. The van der Waals surface area contributed by atoms with E-state index in [0.717, 1.165) is 6.42 Å². The zero-order valence-corrected chi connectivity index (χ0v) is 11.3. The summed E-state index contributed by atoms with van der Waals surface area (Å²) < 4.78 is 27.7. The summed E-state index contributed by atoms with van der Waals surface area (Å²) in [4.78, 5) is 0.296. The van der Waals surface area contributed by atoms with E-state index in [9.17, 15) is 8.42 Å². The summed E-state index contributed by atoms with van der Waals surface area (Å²) in [6, 6.07) is 0. The van der Waals surface area contributed by atoms with E-state index in [-0.39, 0.29) is 0 Å². The van der Waals surface area contributed by atoms with Crippen LogP contribution in [0.4, 0.5) is 0 Å². The van der Waals surface area contributed by atoms with Gasteiger partial charge in [0, 0.05) is 26.3 Å². The number of hydrogen-bond acceptors (Lipinski definition) is 3. The first kappa shape index (κ1) is 12.6. The van der Waals surface area contributed by atoms with Crippen LogP contribution in [-0.4, -0.2) is 35.6 Å². The molecule has 17 heavy (non-hydrogen) atoms. The lowest BCUT2D eigenvalue weighted by Crippen LogP contribution is -2.29. The smallest absolute Gasteiger partial charge is 0.246 e. The first-order chi connectivity index (χ1) is 7.91. The Morgan fingerprint density at radius 3 is 2.65 bits per heavy atom. The summed E-state index contributed by atoms with van der Waals surface area (Å²) in [6.07, 6.45) is 3.92. The van der Waals surface area contributed by atoms with Crippen LogP contribution in [0.3, 0.4) is 0 Å². The molecule has 2 heterocycles. The number of rotatable bonds is 3. The van der Waals surface area contributed by atoms with Gasteiger partial charge in [-0.1, -0.05) is 13.8 Å². The van der Waals surface area contributed by atoms with E-state index in [4.69, 9.17) is 0 Å². The second-order valence-electron chi connectivity index (χ2n) is 5.01. The highest BCUT2D eigenvalue weighted by Gasteiger charge is 2.34. The highest BCUT2D eigenvalue weighted by molar-refractivity contribution is 7.89. The third-order valence-electron chi connectivity index (χ3n) is 3.45. The van der Waals surface area contributed by atoms with E-state index >= 15 is 0 Å². The number of nitrogens with zero attached hydrogens (tertiary/aromatic N) is 3. The van der Waals surface area contributed by atoms with Crippen molar-refractivity contribution in [1.29, 1.82) is 0 Å². The topological polar surface area (TPSA) is 55.2 Å². The Morgan fingerprint density at radius 1 is 1.47 bits per heavy atom. The lowest BCUT2D eigenvalue weighted by molar-refractivity contribution is 0.388. The molecule has 1 fully saturated rings. The van der Waals surface area contributed by atoms with Gasteiger partial charge >= 0.3 is 0 Å². The Kier molecular flexibility index (Phi) is 3.27. The molecule has 96 valence electrons. The maximum atomic E-state index is 12.3. The molecule has 1 aliphatic heterocycles. The normalized spacial score (nSPS) is 22.5. The molecule has 0 spiro atoms. The van der Waals surface area contributed by atoms with Gasteiger partial charge in [-0.15, -0.1) is 0 Å². The molecule has 0 aromatic carbocycles. The van der Waals surface area contributed by atoms with Crippen LogP contribution in [0, 0.1) is 11.8 Å². The molecule has 0 radical (unpaired) electrons. The molecule has 0 N–H and O–H groups in total. The van der Waals surface area contributed by atoms with Crippen LogP contribution in [0.1, 0.15) is 20.3 Å². The number of hydrogen-bond donors (Lipinski definition) is 0. The van der Waals surface area contributed by atoms with E-state index in [1.807, 2.05) is 0 Å². The predicted octanol–water partition coefficient (Wildman–Crippen LogP) is 1.09. The summed E-state index contributed by atoms with van der Waals surface area (Å²) in [5.74, 6) is 1.01. The minimum Gasteiger partial charge on any atom is -0.274 e. The van der Waals surface area contributed by atoms with Crippen LogP contribution in [0.25, 0.3) is 0 Å². The monoisotopic (exact) mass is 257 g/mol. The maximum Gasteiger partial charge on any atom is 0.246 e. The third-order valence-corrected chi connectivity index (χ3v) is 5.27. The molecule has 1 aliphatic rings. The van der Waals surface area contributed by atoms with Gasteiger partial charge in [0.25, 0.3) is 0 Å². The van der Waals surface area contributed by atoms with Crippen LogP contribution in [0.5, 0.6) is 0 Å². The molecular formula is C11H19N3O2S. The van der Waals surface area contributed by atoms with Gasteiger partial charge in [0.1, 0.15) is 4.90 Å². The van der Waals surface area contributed by atoms with Gasteiger partial charge in [0.05, 0.1) is 6.20 Å². The highest BCUT2D eigenvalue weighted by Crippen LogP contribution is 2.28. The van der Waals surface area contributed by atoms with Crippen molar-refractivity contribution in [2.45, 2.75) is 25.2 Å². The lowest BCUT2D eigenvalue weighted by Gasteiger charge is -2.17.